The number of rotatable bonds is 8. The zero-order valence-electron chi connectivity index (χ0n) is 18.6. The normalized spacial score (nSPS) is 13.1. The van der Waals surface area contributed by atoms with Gasteiger partial charge in [-0.1, -0.05) is 72.8 Å². The first-order valence-electron chi connectivity index (χ1n) is 11.2. The van der Waals surface area contributed by atoms with Crippen molar-refractivity contribution in [3.8, 4) is 0 Å². The SMILES string of the molecule is C=C(c1cccc([C@@H](Cl)CCc2ccccc2CC(C)O)c1)c1ccc2ccc(Cl)cc2n1. The summed E-state index contributed by atoms with van der Waals surface area (Å²) in [6.45, 7) is 6.11. The van der Waals surface area contributed by atoms with Gasteiger partial charge >= 0.3 is 0 Å². The monoisotopic (exact) mass is 475 g/mol. The number of pyridine rings is 1. The van der Waals surface area contributed by atoms with Gasteiger partial charge in [-0.2, -0.15) is 0 Å². The van der Waals surface area contributed by atoms with Gasteiger partial charge in [0.2, 0.25) is 0 Å². The van der Waals surface area contributed by atoms with Crippen LogP contribution >= 0.6 is 23.2 Å². The van der Waals surface area contributed by atoms with E-state index in [4.69, 9.17) is 28.2 Å². The van der Waals surface area contributed by atoms with E-state index < -0.39 is 0 Å². The van der Waals surface area contributed by atoms with Gasteiger partial charge in [-0.15, -0.1) is 11.6 Å². The number of halogens is 2. The Balaban J connectivity index is 1.50. The van der Waals surface area contributed by atoms with Crippen molar-refractivity contribution >= 4 is 39.7 Å². The summed E-state index contributed by atoms with van der Waals surface area (Å²) in [4.78, 5) is 4.76. The number of hydrogen-bond donors (Lipinski definition) is 1. The highest BCUT2D eigenvalue weighted by atomic mass is 35.5. The van der Waals surface area contributed by atoms with E-state index in [0.29, 0.717) is 11.4 Å². The predicted octanol–water partition coefficient (Wildman–Crippen LogP) is 7.79. The Morgan fingerprint density at radius 2 is 1.73 bits per heavy atom. The van der Waals surface area contributed by atoms with Crippen molar-refractivity contribution in [2.75, 3.05) is 0 Å². The molecular weight excluding hydrogens is 449 g/mol. The van der Waals surface area contributed by atoms with Crippen LogP contribution in [0.2, 0.25) is 5.02 Å². The summed E-state index contributed by atoms with van der Waals surface area (Å²) >= 11 is 13.0. The van der Waals surface area contributed by atoms with Crippen LogP contribution in [0.1, 0.15) is 46.7 Å². The highest BCUT2D eigenvalue weighted by Crippen LogP contribution is 2.31. The van der Waals surface area contributed by atoms with Crippen molar-refractivity contribution in [1.82, 2.24) is 4.98 Å². The van der Waals surface area contributed by atoms with Gasteiger partial charge < -0.3 is 5.11 Å². The maximum absolute atomic E-state index is 9.79. The third kappa shape index (κ3) is 5.83. The van der Waals surface area contributed by atoms with E-state index in [0.717, 1.165) is 46.1 Å². The standard InChI is InChI=1S/C29H27Cl2NO/c1-19(33)16-24-7-4-3-6-21(24)11-14-27(31)25-9-5-8-23(17-25)20(2)28-15-12-22-10-13-26(30)18-29(22)32-28/h3-10,12-13,15,17-19,27,33H,2,11,14,16H2,1H3/t19?,27-/m0/s1. The minimum atomic E-state index is -0.361. The minimum absolute atomic E-state index is 0.124. The molecule has 0 radical (unpaired) electrons. The molecule has 4 aromatic rings. The average Bonchev–Trinajstić information content (AvgIpc) is 2.82. The predicted molar refractivity (Wildman–Crippen MR) is 140 cm³/mol. The molecular formula is C29H27Cl2NO. The van der Waals surface area contributed by atoms with Gasteiger partial charge in [0.25, 0.3) is 0 Å². The summed E-state index contributed by atoms with van der Waals surface area (Å²) in [7, 11) is 0. The lowest BCUT2D eigenvalue weighted by molar-refractivity contribution is 0.195. The van der Waals surface area contributed by atoms with Gasteiger partial charge in [0.05, 0.1) is 22.7 Å². The molecule has 0 aliphatic carbocycles. The molecule has 1 heterocycles. The number of aliphatic hydroxyl groups is 1. The van der Waals surface area contributed by atoms with Crippen LogP contribution < -0.4 is 0 Å². The number of aryl methyl sites for hydroxylation is 1. The Bertz CT molecular complexity index is 1280. The summed E-state index contributed by atoms with van der Waals surface area (Å²) in [5, 5.41) is 11.4. The molecule has 4 rings (SSSR count). The molecule has 0 aliphatic heterocycles. The van der Waals surface area contributed by atoms with E-state index >= 15 is 0 Å². The Morgan fingerprint density at radius 1 is 0.970 bits per heavy atom. The molecule has 0 aliphatic rings. The van der Waals surface area contributed by atoms with Crippen LogP contribution in [-0.4, -0.2) is 16.2 Å². The van der Waals surface area contributed by atoms with E-state index in [2.05, 4.69) is 30.8 Å². The Labute approximate surface area is 205 Å². The molecule has 2 nitrogen and oxygen atoms in total. The van der Waals surface area contributed by atoms with Crippen molar-refractivity contribution in [2.24, 2.45) is 0 Å². The molecule has 1 aromatic heterocycles. The molecule has 0 saturated carbocycles. The van der Waals surface area contributed by atoms with Crippen LogP contribution in [0.15, 0.2) is 85.4 Å². The average molecular weight is 476 g/mol. The number of aliphatic hydroxyl groups excluding tert-OH is 1. The van der Waals surface area contributed by atoms with E-state index in [1.807, 2.05) is 61.5 Å². The first-order chi connectivity index (χ1) is 15.9. The second-order valence-electron chi connectivity index (χ2n) is 8.47. The zero-order valence-corrected chi connectivity index (χ0v) is 20.2. The highest BCUT2D eigenvalue weighted by Gasteiger charge is 2.13. The minimum Gasteiger partial charge on any atom is -0.393 e. The third-order valence-corrected chi connectivity index (χ3v) is 6.57. The lowest BCUT2D eigenvalue weighted by atomic mass is 9.95. The first kappa shape index (κ1) is 23.5. The van der Waals surface area contributed by atoms with E-state index in [-0.39, 0.29) is 11.5 Å². The van der Waals surface area contributed by atoms with Gasteiger partial charge in [-0.25, -0.2) is 4.98 Å². The maximum Gasteiger partial charge on any atom is 0.0724 e. The molecule has 0 bridgehead atoms. The van der Waals surface area contributed by atoms with Crippen LogP contribution in [0.5, 0.6) is 0 Å². The fraction of sp³-hybridized carbons (Fsp3) is 0.207. The van der Waals surface area contributed by atoms with Crippen LogP contribution in [0, 0.1) is 0 Å². The molecule has 3 aromatic carbocycles. The largest absolute Gasteiger partial charge is 0.393 e. The second kappa shape index (κ2) is 10.5. The van der Waals surface area contributed by atoms with Gasteiger partial charge in [0.15, 0.2) is 0 Å². The number of fused-ring (bicyclic) bond motifs is 1. The second-order valence-corrected chi connectivity index (χ2v) is 9.43. The van der Waals surface area contributed by atoms with Crippen molar-refractivity contribution < 1.29 is 5.11 Å². The number of hydrogen-bond acceptors (Lipinski definition) is 2. The number of alkyl halides is 1. The van der Waals surface area contributed by atoms with Crippen molar-refractivity contribution in [3.63, 3.8) is 0 Å². The summed E-state index contributed by atoms with van der Waals surface area (Å²) < 4.78 is 0. The van der Waals surface area contributed by atoms with Crippen LogP contribution in [0.4, 0.5) is 0 Å². The molecule has 0 fully saturated rings. The van der Waals surface area contributed by atoms with Crippen molar-refractivity contribution in [1.29, 1.82) is 0 Å². The zero-order chi connectivity index (χ0) is 23.4. The Morgan fingerprint density at radius 3 is 2.52 bits per heavy atom. The lowest BCUT2D eigenvalue weighted by Gasteiger charge is -2.15. The van der Waals surface area contributed by atoms with Gasteiger partial charge in [0.1, 0.15) is 0 Å². The van der Waals surface area contributed by atoms with Crippen molar-refractivity contribution in [2.45, 2.75) is 37.7 Å². The molecule has 1 N–H and O–H groups in total. The fourth-order valence-electron chi connectivity index (χ4n) is 4.10. The molecule has 0 spiro atoms. The van der Waals surface area contributed by atoms with Gasteiger partial charge in [-0.3, -0.25) is 0 Å². The molecule has 0 amide bonds. The molecule has 0 saturated heterocycles. The first-order valence-corrected chi connectivity index (χ1v) is 12.0. The summed E-state index contributed by atoms with van der Waals surface area (Å²) in [5.41, 5.74) is 7.01. The summed E-state index contributed by atoms with van der Waals surface area (Å²) in [6, 6.07) is 26.2. The fourth-order valence-corrected chi connectivity index (χ4v) is 4.51. The lowest BCUT2D eigenvalue weighted by Crippen LogP contribution is -2.07. The van der Waals surface area contributed by atoms with Gasteiger partial charge in [0, 0.05) is 16.0 Å². The van der Waals surface area contributed by atoms with Crippen LogP contribution in [0.3, 0.4) is 0 Å². The molecule has 1 unspecified atom stereocenters. The number of aromatic nitrogens is 1. The third-order valence-electron chi connectivity index (χ3n) is 5.86. The number of nitrogens with zero attached hydrogens (tertiary/aromatic N) is 1. The Hall–Kier alpha value is -2.65. The van der Waals surface area contributed by atoms with Crippen LogP contribution in [0.25, 0.3) is 16.5 Å². The molecule has 2 atom stereocenters. The van der Waals surface area contributed by atoms with E-state index in [1.165, 1.54) is 11.1 Å². The van der Waals surface area contributed by atoms with E-state index in [1.54, 1.807) is 0 Å². The highest BCUT2D eigenvalue weighted by molar-refractivity contribution is 6.31. The van der Waals surface area contributed by atoms with Crippen LogP contribution in [-0.2, 0) is 12.8 Å². The summed E-state index contributed by atoms with van der Waals surface area (Å²) in [5.74, 6) is 0. The van der Waals surface area contributed by atoms with Crippen molar-refractivity contribution in [3.05, 3.63) is 118 Å². The van der Waals surface area contributed by atoms with Gasteiger partial charge in [-0.05, 0) is 72.7 Å². The Kier molecular flexibility index (Phi) is 7.49. The molecule has 33 heavy (non-hydrogen) atoms. The molecule has 4 heteroatoms. The van der Waals surface area contributed by atoms with E-state index in [9.17, 15) is 5.11 Å². The number of benzene rings is 3. The molecule has 168 valence electrons. The quantitative estimate of drug-likeness (QED) is 0.263. The maximum atomic E-state index is 9.79. The summed E-state index contributed by atoms with van der Waals surface area (Å²) in [6.07, 6.45) is 1.96. The topological polar surface area (TPSA) is 33.1 Å². The smallest absolute Gasteiger partial charge is 0.0724 e.